The molecule has 0 aromatic rings. The average molecular weight is 710 g/mol. The number of nitrogens with one attached hydrogen (secondary N) is 1. The number of carbonyl (C=O) groups excluding carboxylic acids is 2. The van der Waals surface area contributed by atoms with Crippen LogP contribution in [0.3, 0.4) is 0 Å². The van der Waals surface area contributed by atoms with Gasteiger partial charge in [-0.2, -0.15) is 0 Å². The molecule has 0 saturated heterocycles. The van der Waals surface area contributed by atoms with Gasteiger partial charge >= 0.3 is 5.97 Å². The first-order valence-corrected chi connectivity index (χ1v) is 22.3. The van der Waals surface area contributed by atoms with Crippen molar-refractivity contribution in [3.63, 3.8) is 0 Å². The van der Waals surface area contributed by atoms with Crippen LogP contribution in [0.1, 0.15) is 245 Å². The van der Waals surface area contributed by atoms with Gasteiger partial charge in [-0.25, -0.2) is 0 Å². The van der Waals surface area contributed by atoms with Crippen molar-refractivity contribution in [2.75, 3.05) is 13.2 Å². The molecule has 6 heteroatoms. The summed E-state index contributed by atoms with van der Waals surface area (Å²) < 4.78 is 5.43. The van der Waals surface area contributed by atoms with Crippen LogP contribution in [-0.2, 0) is 14.3 Å². The molecule has 1 amide bonds. The largest absolute Gasteiger partial charge is 0.466 e. The summed E-state index contributed by atoms with van der Waals surface area (Å²) in [6.07, 6.45) is 41.9. The zero-order chi connectivity index (χ0) is 36.6. The van der Waals surface area contributed by atoms with Gasteiger partial charge in [0.05, 0.1) is 25.4 Å². The van der Waals surface area contributed by atoms with E-state index in [0.717, 1.165) is 57.8 Å². The van der Waals surface area contributed by atoms with Crippen LogP contribution in [0.25, 0.3) is 0 Å². The van der Waals surface area contributed by atoms with Gasteiger partial charge in [-0.1, -0.05) is 206 Å². The minimum Gasteiger partial charge on any atom is -0.466 e. The van der Waals surface area contributed by atoms with Gasteiger partial charge in [0.2, 0.25) is 5.91 Å². The van der Waals surface area contributed by atoms with Crippen LogP contribution >= 0.6 is 0 Å². The van der Waals surface area contributed by atoms with E-state index >= 15 is 0 Å². The fraction of sp³-hybridized carbons (Fsp3) is 0.955. The Bertz CT molecular complexity index is 702. The molecule has 0 spiro atoms. The highest BCUT2D eigenvalue weighted by Crippen LogP contribution is 2.16. The number of ether oxygens (including phenoxy) is 1. The van der Waals surface area contributed by atoms with Gasteiger partial charge < -0.3 is 20.3 Å². The van der Waals surface area contributed by atoms with Crippen molar-refractivity contribution in [3.8, 4) is 0 Å². The van der Waals surface area contributed by atoms with E-state index in [1.807, 2.05) is 0 Å². The summed E-state index contributed by atoms with van der Waals surface area (Å²) in [7, 11) is 0. The van der Waals surface area contributed by atoms with Crippen LogP contribution in [0.2, 0.25) is 0 Å². The lowest BCUT2D eigenvalue weighted by Gasteiger charge is -2.22. The first-order chi connectivity index (χ1) is 24.5. The minimum atomic E-state index is -0.675. The number of carbonyl (C=O) groups is 2. The molecule has 0 aliphatic carbocycles. The fourth-order valence-electron chi connectivity index (χ4n) is 6.93. The lowest BCUT2D eigenvalue weighted by Crippen LogP contribution is -2.45. The Morgan fingerprint density at radius 2 is 0.820 bits per heavy atom. The molecule has 0 heterocycles. The number of rotatable bonds is 41. The summed E-state index contributed by atoms with van der Waals surface area (Å²) in [6, 6.07) is -0.554. The normalized spacial score (nSPS) is 12.6. The van der Waals surface area contributed by atoms with Gasteiger partial charge in [-0.05, 0) is 25.7 Å². The Balaban J connectivity index is 3.47. The molecule has 0 saturated carbocycles. The minimum absolute atomic E-state index is 0.0184. The molecule has 0 fully saturated rings. The third-order valence-corrected chi connectivity index (χ3v) is 10.4. The van der Waals surface area contributed by atoms with Crippen LogP contribution in [0, 0.1) is 0 Å². The molecule has 2 atom stereocenters. The van der Waals surface area contributed by atoms with Crippen molar-refractivity contribution in [3.05, 3.63) is 0 Å². The lowest BCUT2D eigenvalue weighted by atomic mass is 10.0. The topological polar surface area (TPSA) is 95.9 Å². The van der Waals surface area contributed by atoms with Gasteiger partial charge in [0.1, 0.15) is 0 Å². The smallest absolute Gasteiger partial charge is 0.305 e. The average Bonchev–Trinajstić information content (AvgIpc) is 3.11. The molecule has 0 aliphatic heterocycles. The maximum absolute atomic E-state index is 12.4. The molecule has 0 aromatic carbocycles. The molecule has 0 rings (SSSR count). The lowest BCUT2D eigenvalue weighted by molar-refractivity contribution is -0.143. The van der Waals surface area contributed by atoms with E-state index in [1.54, 1.807) is 0 Å². The summed E-state index contributed by atoms with van der Waals surface area (Å²) >= 11 is 0. The van der Waals surface area contributed by atoms with Crippen molar-refractivity contribution < 1.29 is 24.5 Å². The number of amides is 1. The first-order valence-electron chi connectivity index (χ1n) is 22.3. The highest BCUT2D eigenvalue weighted by Gasteiger charge is 2.20. The molecular weight excluding hydrogens is 622 g/mol. The zero-order valence-corrected chi connectivity index (χ0v) is 33.6. The molecule has 0 aromatic heterocycles. The molecule has 0 radical (unpaired) electrons. The highest BCUT2D eigenvalue weighted by atomic mass is 16.5. The highest BCUT2D eigenvalue weighted by molar-refractivity contribution is 5.76. The summed E-state index contributed by atoms with van der Waals surface area (Å²) in [5.74, 6) is -0.0766. The van der Waals surface area contributed by atoms with Crippen molar-refractivity contribution in [2.24, 2.45) is 0 Å². The second kappa shape index (κ2) is 40.6. The van der Waals surface area contributed by atoms with Gasteiger partial charge in [0.25, 0.3) is 0 Å². The van der Waals surface area contributed by atoms with Gasteiger partial charge in [-0.3, -0.25) is 9.59 Å². The van der Waals surface area contributed by atoms with Crippen LogP contribution < -0.4 is 5.32 Å². The van der Waals surface area contributed by atoms with E-state index in [2.05, 4.69) is 19.2 Å². The standard InChI is InChI=1S/C44H87NO5/c1-3-5-7-9-11-13-15-17-22-26-30-34-38-44(49)50-39-35-31-27-23-19-18-21-25-29-33-37-43(48)45-41(40-46)42(47)36-32-28-24-20-16-14-12-10-8-6-4-2/h41-42,46-47H,3-40H2,1-2H3,(H,45,48). The molecule has 298 valence electrons. The summed E-state index contributed by atoms with van der Waals surface area (Å²) in [5.41, 5.74) is 0. The molecular formula is C44H87NO5. The third kappa shape index (κ3) is 36.6. The van der Waals surface area contributed by atoms with Gasteiger partial charge in [-0.15, -0.1) is 0 Å². The van der Waals surface area contributed by atoms with E-state index in [0.29, 0.717) is 25.9 Å². The van der Waals surface area contributed by atoms with Crippen molar-refractivity contribution >= 4 is 11.9 Å². The molecule has 6 nitrogen and oxygen atoms in total. The second-order valence-corrected chi connectivity index (χ2v) is 15.4. The van der Waals surface area contributed by atoms with Crippen molar-refractivity contribution in [1.29, 1.82) is 0 Å². The van der Waals surface area contributed by atoms with E-state index in [4.69, 9.17) is 4.74 Å². The molecule has 2 unspecified atom stereocenters. The Kier molecular flexibility index (Phi) is 39.7. The van der Waals surface area contributed by atoms with Crippen LogP contribution in [0.5, 0.6) is 0 Å². The van der Waals surface area contributed by atoms with Crippen LogP contribution in [0.15, 0.2) is 0 Å². The molecule has 0 bridgehead atoms. The second-order valence-electron chi connectivity index (χ2n) is 15.4. The number of hydrogen-bond acceptors (Lipinski definition) is 5. The number of hydrogen-bond donors (Lipinski definition) is 3. The number of aliphatic hydroxyl groups is 2. The number of unbranched alkanes of at least 4 members (excludes halogenated alkanes) is 30. The molecule has 50 heavy (non-hydrogen) atoms. The van der Waals surface area contributed by atoms with E-state index in [-0.39, 0.29) is 18.5 Å². The Labute approximate surface area is 311 Å². The Morgan fingerprint density at radius 1 is 0.480 bits per heavy atom. The number of aliphatic hydroxyl groups excluding tert-OH is 2. The zero-order valence-electron chi connectivity index (χ0n) is 33.6. The number of esters is 1. The molecule has 0 aliphatic rings. The Morgan fingerprint density at radius 3 is 1.22 bits per heavy atom. The van der Waals surface area contributed by atoms with E-state index in [9.17, 15) is 19.8 Å². The summed E-state index contributed by atoms with van der Waals surface area (Å²) in [5, 5.41) is 23.1. The predicted molar refractivity (Wildman–Crippen MR) is 214 cm³/mol. The summed E-state index contributed by atoms with van der Waals surface area (Å²) in [6.45, 7) is 4.88. The third-order valence-electron chi connectivity index (χ3n) is 10.4. The maximum Gasteiger partial charge on any atom is 0.305 e. The first kappa shape index (κ1) is 48.9. The summed E-state index contributed by atoms with van der Waals surface area (Å²) in [4.78, 5) is 24.3. The van der Waals surface area contributed by atoms with Crippen LogP contribution in [-0.4, -0.2) is 47.4 Å². The van der Waals surface area contributed by atoms with E-state index in [1.165, 1.54) is 154 Å². The monoisotopic (exact) mass is 710 g/mol. The fourth-order valence-corrected chi connectivity index (χ4v) is 6.93. The van der Waals surface area contributed by atoms with Gasteiger partial charge in [0.15, 0.2) is 0 Å². The van der Waals surface area contributed by atoms with Crippen molar-refractivity contribution in [1.82, 2.24) is 5.32 Å². The molecule has 3 N–H and O–H groups in total. The van der Waals surface area contributed by atoms with Gasteiger partial charge in [0, 0.05) is 12.8 Å². The van der Waals surface area contributed by atoms with E-state index < -0.39 is 12.1 Å². The van der Waals surface area contributed by atoms with Crippen molar-refractivity contribution in [2.45, 2.75) is 257 Å². The Hall–Kier alpha value is -1.14. The predicted octanol–water partition coefficient (Wildman–Crippen LogP) is 12.5. The SMILES string of the molecule is CCCCCCCCCCCCCCC(=O)OCCCCCCCCCCCCC(=O)NC(CO)C(O)CCCCCCCCCCCCC. The maximum atomic E-state index is 12.4. The quantitative estimate of drug-likeness (QED) is 0.0434. The van der Waals surface area contributed by atoms with Crippen LogP contribution in [0.4, 0.5) is 0 Å².